The predicted octanol–water partition coefficient (Wildman–Crippen LogP) is 2.60. The molecule has 116 valence electrons. The van der Waals surface area contributed by atoms with Crippen molar-refractivity contribution in [1.29, 1.82) is 0 Å². The molecule has 2 amide bonds. The molecular weight excluding hydrogens is 266 g/mol. The Bertz CT molecular complexity index is 453. The lowest BCUT2D eigenvalue weighted by Crippen LogP contribution is -2.37. The van der Waals surface area contributed by atoms with Crippen molar-refractivity contribution in [3.05, 3.63) is 29.8 Å². The zero-order chi connectivity index (χ0) is 15.2. The number of nitrogens with zero attached hydrogens (tertiary/aromatic N) is 1. The summed E-state index contributed by atoms with van der Waals surface area (Å²) in [7, 11) is 1.82. The van der Waals surface area contributed by atoms with E-state index in [-0.39, 0.29) is 12.1 Å². The summed E-state index contributed by atoms with van der Waals surface area (Å²) in [6.45, 7) is 4.26. The Kier molecular flexibility index (Phi) is 5.59. The standard InChI is InChI=1S/C16H25N3O2/c1-12(17)14-5-7-15(8-6-14)18-16(20)19(2)10-13-4-3-9-21-11-13/h5-8,12-13H,3-4,9-11,17H2,1-2H3,(H,18,20). The zero-order valence-corrected chi connectivity index (χ0v) is 12.8. The molecule has 5 nitrogen and oxygen atoms in total. The zero-order valence-electron chi connectivity index (χ0n) is 12.8. The molecule has 0 saturated carbocycles. The first-order valence-electron chi connectivity index (χ1n) is 7.51. The number of carbonyl (C=O) groups excluding carboxylic acids is 1. The van der Waals surface area contributed by atoms with E-state index in [0.29, 0.717) is 5.92 Å². The van der Waals surface area contributed by atoms with Gasteiger partial charge in [0, 0.05) is 37.8 Å². The molecule has 1 fully saturated rings. The Morgan fingerprint density at radius 1 is 1.48 bits per heavy atom. The number of benzene rings is 1. The molecular formula is C16H25N3O2. The maximum Gasteiger partial charge on any atom is 0.321 e. The number of rotatable bonds is 4. The SMILES string of the molecule is CC(N)c1ccc(NC(=O)N(C)CC2CCCOC2)cc1. The molecule has 2 unspecified atom stereocenters. The summed E-state index contributed by atoms with van der Waals surface area (Å²) in [5.41, 5.74) is 7.65. The van der Waals surface area contributed by atoms with Gasteiger partial charge in [0.05, 0.1) is 6.61 Å². The molecule has 1 aliphatic rings. The molecule has 1 aliphatic heterocycles. The molecule has 2 rings (SSSR count). The first kappa shape index (κ1) is 15.8. The molecule has 1 heterocycles. The Morgan fingerprint density at radius 2 is 2.19 bits per heavy atom. The summed E-state index contributed by atoms with van der Waals surface area (Å²) in [6, 6.07) is 7.56. The number of amides is 2. The lowest BCUT2D eigenvalue weighted by atomic mass is 10.0. The van der Waals surface area contributed by atoms with E-state index in [1.54, 1.807) is 4.90 Å². The minimum atomic E-state index is -0.0888. The highest BCUT2D eigenvalue weighted by atomic mass is 16.5. The molecule has 3 N–H and O–H groups in total. The number of urea groups is 1. The fourth-order valence-electron chi connectivity index (χ4n) is 2.51. The quantitative estimate of drug-likeness (QED) is 0.896. The lowest BCUT2D eigenvalue weighted by Gasteiger charge is -2.27. The van der Waals surface area contributed by atoms with Crippen LogP contribution in [0.1, 0.15) is 31.4 Å². The maximum absolute atomic E-state index is 12.2. The second-order valence-corrected chi connectivity index (χ2v) is 5.80. The van der Waals surface area contributed by atoms with Crippen molar-refractivity contribution in [2.45, 2.75) is 25.8 Å². The van der Waals surface area contributed by atoms with Crippen LogP contribution in [-0.4, -0.2) is 37.7 Å². The summed E-state index contributed by atoms with van der Waals surface area (Å²) in [5.74, 6) is 0.440. The molecule has 5 heteroatoms. The van der Waals surface area contributed by atoms with E-state index in [1.807, 2.05) is 38.2 Å². The van der Waals surface area contributed by atoms with Gasteiger partial charge in [-0.15, -0.1) is 0 Å². The molecule has 0 aromatic heterocycles. The van der Waals surface area contributed by atoms with Crippen molar-refractivity contribution in [3.63, 3.8) is 0 Å². The largest absolute Gasteiger partial charge is 0.381 e. The smallest absolute Gasteiger partial charge is 0.321 e. The highest BCUT2D eigenvalue weighted by molar-refractivity contribution is 5.89. The van der Waals surface area contributed by atoms with Crippen LogP contribution in [0.15, 0.2) is 24.3 Å². The van der Waals surface area contributed by atoms with Crippen molar-refractivity contribution in [1.82, 2.24) is 4.90 Å². The minimum absolute atomic E-state index is 0.00345. The fourth-order valence-corrected chi connectivity index (χ4v) is 2.51. The van der Waals surface area contributed by atoms with Gasteiger partial charge in [0.2, 0.25) is 0 Å². The van der Waals surface area contributed by atoms with Crippen molar-refractivity contribution >= 4 is 11.7 Å². The van der Waals surface area contributed by atoms with E-state index < -0.39 is 0 Å². The average Bonchev–Trinajstić information content (AvgIpc) is 2.48. The van der Waals surface area contributed by atoms with Gasteiger partial charge in [0.1, 0.15) is 0 Å². The maximum atomic E-state index is 12.2. The lowest BCUT2D eigenvalue weighted by molar-refractivity contribution is 0.0464. The molecule has 2 atom stereocenters. The number of carbonyl (C=O) groups is 1. The third kappa shape index (κ3) is 4.72. The number of hydrogen-bond acceptors (Lipinski definition) is 3. The Hall–Kier alpha value is -1.59. The van der Waals surface area contributed by atoms with Gasteiger partial charge in [-0.1, -0.05) is 12.1 Å². The van der Waals surface area contributed by atoms with Gasteiger partial charge in [-0.05, 0) is 37.5 Å². The van der Waals surface area contributed by atoms with Crippen molar-refractivity contribution < 1.29 is 9.53 Å². The predicted molar refractivity (Wildman–Crippen MR) is 84.2 cm³/mol. The third-order valence-electron chi connectivity index (χ3n) is 3.82. The van der Waals surface area contributed by atoms with E-state index in [4.69, 9.17) is 10.5 Å². The molecule has 0 bridgehead atoms. The Morgan fingerprint density at radius 3 is 2.76 bits per heavy atom. The molecule has 21 heavy (non-hydrogen) atoms. The topological polar surface area (TPSA) is 67.6 Å². The number of hydrogen-bond donors (Lipinski definition) is 2. The third-order valence-corrected chi connectivity index (χ3v) is 3.82. The minimum Gasteiger partial charge on any atom is -0.381 e. The normalized spacial score (nSPS) is 19.9. The van der Waals surface area contributed by atoms with Gasteiger partial charge < -0.3 is 20.7 Å². The van der Waals surface area contributed by atoms with Crippen LogP contribution in [0.3, 0.4) is 0 Å². The Labute approximate surface area is 126 Å². The second kappa shape index (κ2) is 7.43. The highest BCUT2D eigenvalue weighted by Gasteiger charge is 2.18. The van der Waals surface area contributed by atoms with Crippen LogP contribution in [0, 0.1) is 5.92 Å². The number of ether oxygens (including phenoxy) is 1. The molecule has 1 aromatic rings. The molecule has 1 aromatic carbocycles. The highest BCUT2D eigenvalue weighted by Crippen LogP contribution is 2.16. The van der Waals surface area contributed by atoms with Crippen molar-refractivity contribution in [3.8, 4) is 0 Å². The van der Waals surface area contributed by atoms with Crippen molar-refractivity contribution in [2.75, 3.05) is 32.1 Å². The fraction of sp³-hybridized carbons (Fsp3) is 0.562. The summed E-state index contributed by atoms with van der Waals surface area (Å²) in [6.07, 6.45) is 2.21. The Balaban J connectivity index is 1.84. The van der Waals surface area contributed by atoms with Crippen LogP contribution < -0.4 is 11.1 Å². The van der Waals surface area contributed by atoms with Crippen LogP contribution in [0.2, 0.25) is 0 Å². The van der Waals surface area contributed by atoms with Crippen LogP contribution in [0.25, 0.3) is 0 Å². The number of anilines is 1. The summed E-state index contributed by atoms with van der Waals surface area (Å²) >= 11 is 0. The van der Waals surface area contributed by atoms with E-state index in [2.05, 4.69) is 5.32 Å². The van der Waals surface area contributed by atoms with E-state index in [0.717, 1.165) is 43.9 Å². The average molecular weight is 291 g/mol. The van der Waals surface area contributed by atoms with Crippen molar-refractivity contribution in [2.24, 2.45) is 11.7 Å². The number of nitrogens with one attached hydrogen (secondary N) is 1. The van der Waals surface area contributed by atoms with E-state index in [1.165, 1.54) is 0 Å². The van der Waals surface area contributed by atoms with Gasteiger partial charge >= 0.3 is 6.03 Å². The first-order chi connectivity index (χ1) is 10.1. The molecule has 0 aliphatic carbocycles. The van der Waals surface area contributed by atoms with Crippen LogP contribution in [0.5, 0.6) is 0 Å². The van der Waals surface area contributed by atoms with Gasteiger partial charge in [-0.3, -0.25) is 0 Å². The summed E-state index contributed by atoms with van der Waals surface area (Å²) < 4.78 is 5.45. The first-order valence-corrected chi connectivity index (χ1v) is 7.51. The van der Waals surface area contributed by atoms with E-state index >= 15 is 0 Å². The second-order valence-electron chi connectivity index (χ2n) is 5.80. The monoisotopic (exact) mass is 291 g/mol. The molecule has 1 saturated heterocycles. The molecule has 0 spiro atoms. The van der Waals surface area contributed by atoms with E-state index in [9.17, 15) is 4.79 Å². The van der Waals surface area contributed by atoms with Crippen LogP contribution in [-0.2, 0) is 4.74 Å². The van der Waals surface area contributed by atoms with Gasteiger partial charge in [0.15, 0.2) is 0 Å². The van der Waals surface area contributed by atoms with Gasteiger partial charge in [-0.2, -0.15) is 0 Å². The molecule has 0 radical (unpaired) electrons. The van der Waals surface area contributed by atoms with Crippen LogP contribution >= 0.6 is 0 Å². The summed E-state index contributed by atoms with van der Waals surface area (Å²) in [5, 5.41) is 2.90. The number of nitrogens with two attached hydrogens (primary N) is 1. The van der Waals surface area contributed by atoms with Crippen LogP contribution in [0.4, 0.5) is 10.5 Å². The van der Waals surface area contributed by atoms with Gasteiger partial charge in [-0.25, -0.2) is 4.79 Å². The summed E-state index contributed by atoms with van der Waals surface area (Å²) in [4.78, 5) is 13.9. The van der Waals surface area contributed by atoms with Gasteiger partial charge in [0.25, 0.3) is 0 Å².